The van der Waals surface area contributed by atoms with Gasteiger partial charge in [0.25, 0.3) is 0 Å². The number of rotatable bonds is 8. The number of methoxy groups -OCH3 is 3. The van der Waals surface area contributed by atoms with Gasteiger partial charge in [-0.15, -0.1) is 0 Å². The second-order valence-electron chi connectivity index (χ2n) is 6.06. The second kappa shape index (κ2) is 8.55. The Morgan fingerprint density at radius 3 is 2.37 bits per heavy atom. The van der Waals surface area contributed by atoms with Crippen molar-refractivity contribution in [3.8, 4) is 28.5 Å². The Labute approximate surface area is 158 Å². The zero-order chi connectivity index (χ0) is 19.2. The van der Waals surface area contributed by atoms with E-state index in [1.807, 2.05) is 48.4 Å². The van der Waals surface area contributed by atoms with E-state index in [4.69, 9.17) is 14.2 Å². The minimum absolute atomic E-state index is 0.592. The van der Waals surface area contributed by atoms with Crippen LogP contribution >= 0.6 is 0 Å². The minimum atomic E-state index is 0.592. The standard InChI is InChI=1S/C20H24N4O3/c1-24-13-16(19(23-24)15-6-5-7-21-11-15)12-22-10-14-8-17(25-2)20(27-4)18(9-14)26-3/h5-9,11,13,22H,10,12H2,1-4H3. The summed E-state index contributed by atoms with van der Waals surface area (Å²) in [6.45, 7) is 1.33. The molecule has 0 bridgehead atoms. The number of aromatic nitrogens is 3. The van der Waals surface area contributed by atoms with E-state index in [2.05, 4.69) is 15.4 Å². The number of aryl methyl sites for hydroxylation is 1. The van der Waals surface area contributed by atoms with Crippen molar-refractivity contribution in [2.45, 2.75) is 13.1 Å². The Morgan fingerprint density at radius 1 is 1.04 bits per heavy atom. The molecule has 0 fully saturated rings. The molecule has 0 aliphatic carbocycles. The second-order valence-corrected chi connectivity index (χ2v) is 6.06. The first-order chi connectivity index (χ1) is 13.2. The van der Waals surface area contributed by atoms with Gasteiger partial charge in [-0.1, -0.05) is 0 Å². The van der Waals surface area contributed by atoms with Gasteiger partial charge in [-0.3, -0.25) is 9.67 Å². The van der Waals surface area contributed by atoms with Crippen LogP contribution in [-0.4, -0.2) is 36.1 Å². The largest absolute Gasteiger partial charge is 0.493 e. The monoisotopic (exact) mass is 368 g/mol. The number of ether oxygens (including phenoxy) is 3. The van der Waals surface area contributed by atoms with Gasteiger partial charge >= 0.3 is 0 Å². The maximum Gasteiger partial charge on any atom is 0.203 e. The fraction of sp³-hybridized carbons (Fsp3) is 0.300. The average Bonchev–Trinajstić information content (AvgIpc) is 3.08. The molecule has 0 unspecified atom stereocenters. The van der Waals surface area contributed by atoms with Crippen molar-refractivity contribution < 1.29 is 14.2 Å². The molecule has 1 aromatic carbocycles. The summed E-state index contributed by atoms with van der Waals surface area (Å²) >= 11 is 0. The molecule has 3 rings (SSSR count). The molecule has 0 radical (unpaired) electrons. The van der Waals surface area contributed by atoms with Gasteiger partial charge in [0.05, 0.1) is 27.0 Å². The number of nitrogens with one attached hydrogen (secondary N) is 1. The molecule has 3 aromatic rings. The van der Waals surface area contributed by atoms with Gasteiger partial charge in [0.2, 0.25) is 5.75 Å². The van der Waals surface area contributed by atoms with Crippen LogP contribution < -0.4 is 19.5 Å². The molecular weight excluding hydrogens is 344 g/mol. The SMILES string of the molecule is COc1cc(CNCc2cn(C)nc2-c2cccnc2)cc(OC)c1OC. The Kier molecular flexibility index (Phi) is 5.93. The third-order valence-corrected chi connectivity index (χ3v) is 4.21. The van der Waals surface area contributed by atoms with Crippen LogP contribution in [0.25, 0.3) is 11.3 Å². The highest BCUT2D eigenvalue weighted by Crippen LogP contribution is 2.38. The lowest BCUT2D eigenvalue weighted by Crippen LogP contribution is -2.13. The minimum Gasteiger partial charge on any atom is -0.493 e. The Balaban J connectivity index is 1.74. The van der Waals surface area contributed by atoms with Crippen molar-refractivity contribution in [2.75, 3.05) is 21.3 Å². The van der Waals surface area contributed by atoms with E-state index in [0.29, 0.717) is 30.3 Å². The van der Waals surface area contributed by atoms with E-state index in [1.54, 1.807) is 27.5 Å². The molecule has 2 aromatic heterocycles. The van der Waals surface area contributed by atoms with E-state index < -0.39 is 0 Å². The fourth-order valence-corrected chi connectivity index (χ4v) is 2.99. The summed E-state index contributed by atoms with van der Waals surface area (Å²) in [6.07, 6.45) is 5.60. The topological polar surface area (TPSA) is 70.4 Å². The molecule has 0 saturated heterocycles. The number of benzene rings is 1. The Bertz CT molecular complexity index is 868. The molecule has 0 aliphatic heterocycles. The van der Waals surface area contributed by atoms with Gasteiger partial charge in [-0.05, 0) is 29.8 Å². The molecule has 142 valence electrons. The van der Waals surface area contributed by atoms with Crippen molar-refractivity contribution in [3.05, 3.63) is 54.0 Å². The van der Waals surface area contributed by atoms with E-state index in [-0.39, 0.29) is 0 Å². The van der Waals surface area contributed by atoms with Gasteiger partial charge in [0, 0.05) is 49.9 Å². The number of nitrogens with zero attached hydrogens (tertiary/aromatic N) is 3. The van der Waals surface area contributed by atoms with Crippen LogP contribution in [0.15, 0.2) is 42.9 Å². The van der Waals surface area contributed by atoms with E-state index in [0.717, 1.165) is 22.4 Å². The quantitative estimate of drug-likeness (QED) is 0.659. The van der Waals surface area contributed by atoms with Crippen LogP contribution in [0.5, 0.6) is 17.2 Å². The van der Waals surface area contributed by atoms with Crippen LogP contribution in [0.4, 0.5) is 0 Å². The van der Waals surface area contributed by atoms with Gasteiger partial charge in [-0.2, -0.15) is 5.10 Å². The summed E-state index contributed by atoms with van der Waals surface area (Å²) in [5.41, 5.74) is 4.08. The van der Waals surface area contributed by atoms with Gasteiger partial charge in [0.15, 0.2) is 11.5 Å². The van der Waals surface area contributed by atoms with Crippen LogP contribution in [-0.2, 0) is 20.1 Å². The summed E-state index contributed by atoms with van der Waals surface area (Å²) in [5.74, 6) is 1.88. The van der Waals surface area contributed by atoms with E-state index in [1.165, 1.54) is 0 Å². The van der Waals surface area contributed by atoms with Crippen molar-refractivity contribution in [1.82, 2.24) is 20.1 Å². The molecule has 0 spiro atoms. The molecule has 7 nitrogen and oxygen atoms in total. The summed E-state index contributed by atoms with van der Waals surface area (Å²) in [6, 6.07) is 7.81. The van der Waals surface area contributed by atoms with E-state index in [9.17, 15) is 0 Å². The number of hydrogen-bond acceptors (Lipinski definition) is 6. The number of hydrogen-bond donors (Lipinski definition) is 1. The third-order valence-electron chi connectivity index (χ3n) is 4.21. The first-order valence-electron chi connectivity index (χ1n) is 8.58. The predicted octanol–water partition coefficient (Wildman–Crippen LogP) is 2.80. The highest BCUT2D eigenvalue weighted by molar-refractivity contribution is 5.61. The van der Waals surface area contributed by atoms with Crippen LogP contribution in [0.1, 0.15) is 11.1 Å². The zero-order valence-electron chi connectivity index (χ0n) is 16.0. The molecule has 27 heavy (non-hydrogen) atoms. The van der Waals surface area contributed by atoms with Crippen LogP contribution in [0.3, 0.4) is 0 Å². The van der Waals surface area contributed by atoms with Crippen molar-refractivity contribution in [1.29, 1.82) is 0 Å². The molecular formula is C20H24N4O3. The smallest absolute Gasteiger partial charge is 0.203 e. The van der Waals surface area contributed by atoms with Crippen molar-refractivity contribution >= 4 is 0 Å². The Hall–Kier alpha value is -3.06. The van der Waals surface area contributed by atoms with Gasteiger partial charge in [0.1, 0.15) is 0 Å². The molecule has 0 atom stereocenters. The Morgan fingerprint density at radius 2 is 1.78 bits per heavy atom. The molecule has 0 amide bonds. The highest BCUT2D eigenvalue weighted by Gasteiger charge is 2.14. The average molecular weight is 368 g/mol. The molecule has 0 aliphatic rings. The first-order valence-corrected chi connectivity index (χ1v) is 8.58. The van der Waals surface area contributed by atoms with Crippen molar-refractivity contribution in [3.63, 3.8) is 0 Å². The van der Waals surface area contributed by atoms with Gasteiger partial charge in [-0.25, -0.2) is 0 Å². The summed E-state index contributed by atoms with van der Waals surface area (Å²) in [7, 11) is 6.75. The van der Waals surface area contributed by atoms with Crippen molar-refractivity contribution in [2.24, 2.45) is 7.05 Å². The summed E-state index contributed by atoms with van der Waals surface area (Å²) in [5, 5.41) is 8.02. The third kappa shape index (κ3) is 4.20. The maximum absolute atomic E-state index is 5.41. The molecule has 7 heteroatoms. The molecule has 0 saturated carbocycles. The lowest BCUT2D eigenvalue weighted by Gasteiger charge is -2.14. The van der Waals surface area contributed by atoms with E-state index >= 15 is 0 Å². The van der Waals surface area contributed by atoms with Crippen LogP contribution in [0.2, 0.25) is 0 Å². The maximum atomic E-state index is 5.41. The normalized spacial score (nSPS) is 10.7. The fourth-order valence-electron chi connectivity index (χ4n) is 2.99. The summed E-state index contributed by atoms with van der Waals surface area (Å²) < 4.78 is 18.0. The zero-order valence-corrected chi connectivity index (χ0v) is 16.0. The molecule has 1 N–H and O–H groups in total. The van der Waals surface area contributed by atoms with Gasteiger partial charge < -0.3 is 19.5 Å². The highest BCUT2D eigenvalue weighted by atomic mass is 16.5. The first kappa shape index (κ1) is 18.7. The lowest BCUT2D eigenvalue weighted by molar-refractivity contribution is 0.323. The molecule has 2 heterocycles. The predicted molar refractivity (Wildman–Crippen MR) is 103 cm³/mol. The number of pyridine rings is 1. The van der Waals surface area contributed by atoms with Crippen LogP contribution in [0, 0.1) is 0 Å². The lowest BCUT2D eigenvalue weighted by atomic mass is 10.1. The summed E-state index contributed by atoms with van der Waals surface area (Å²) in [4.78, 5) is 4.18.